The highest BCUT2D eigenvalue weighted by molar-refractivity contribution is 7.99. The molecule has 1 aromatic rings. The molecule has 0 aliphatic rings. The van der Waals surface area contributed by atoms with E-state index in [9.17, 15) is 0 Å². The van der Waals surface area contributed by atoms with Crippen molar-refractivity contribution in [2.75, 3.05) is 12.4 Å². The molecular formula is C10H14OS. The average molecular weight is 182 g/mol. The van der Waals surface area contributed by atoms with Crippen molar-refractivity contribution in [3.63, 3.8) is 0 Å². The molecule has 0 spiro atoms. The molecule has 0 aliphatic carbocycles. The highest BCUT2D eigenvalue weighted by atomic mass is 32.2. The minimum Gasteiger partial charge on any atom is -0.396 e. The van der Waals surface area contributed by atoms with Crippen molar-refractivity contribution in [1.29, 1.82) is 0 Å². The molecule has 0 bridgehead atoms. The first-order valence-corrected chi connectivity index (χ1v) is 5.03. The van der Waals surface area contributed by atoms with Gasteiger partial charge >= 0.3 is 0 Å². The predicted molar refractivity (Wildman–Crippen MR) is 53.7 cm³/mol. The summed E-state index contributed by atoms with van der Waals surface area (Å²) in [6.45, 7) is 4.43. The number of aliphatic hydroxyl groups excluding tert-OH is 1. The lowest BCUT2D eigenvalue weighted by Crippen LogP contribution is -1.86. The quantitative estimate of drug-likeness (QED) is 0.724. The summed E-state index contributed by atoms with van der Waals surface area (Å²) in [6, 6.07) is 6.45. The maximum atomic E-state index is 8.65. The number of rotatable bonds is 3. The van der Waals surface area contributed by atoms with Crippen LogP contribution in [-0.2, 0) is 0 Å². The molecule has 0 atom stereocenters. The Morgan fingerprint density at radius 1 is 1.17 bits per heavy atom. The van der Waals surface area contributed by atoms with Crippen LogP contribution in [0.15, 0.2) is 23.1 Å². The zero-order valence-electron chi connectivity index (χ0n) is 7.50. The van der Waals surface area contributed by atoms with Crippen LogP contribution in [0.2, 0.25) is 0 Å². The Hall–Kier alpha value is -0.470. The minimum atomic E-state index is 0.248. The van der Waals surface area contributed by atoms with Gasteiger partial charge in [-0.1, -0.05) is 6.07 Å². The van der Waals surface area contributed by atoms with E-state index in [1.165, 1.54) is 16.0 Å². The predicted octanol–water partition coefficient (Wildman–Crippen LogP) is 2.39. The summed E-state index contributed by atoms with van der Waals surface area (Å²) < 4.78 is 0. The summed E-state index contributed by atoms with van der Waals surface area (Å²) in [7, 11) is 0. The summed E-state index contributed by atoms with van der Waals surface area (Å²) >= 11 is 1.70. The van der Waals surface area contributed by atoms with Gasteiger partial charge in [0.2, 0.25) is 0 Å². The van der Waals surface area contributed by atoms with E-state index in [4.69, 9.17) is 5.11 Å². The van der Waals surface area contributed by atoms with Crippen LogP contribution in [0, 0.1) is 13.8 Å². The van der Waals surface area contributed by atoms with Crippen LogP contribution >= 0.6 is 11.8 Å². The molecule has 2 heteroatoms. The van der Waals surface area contributed by atoms with Gasteiger partial charge in [-0.3, -0.25) is 0 Å². The van der Waals surface area contributed by atoms with Gasteiger partial charge in [0.25, 0.3) is 0 Å². The topological polar surface area (TPSA) is 20.2 Å². The molecule has 0 unspecified atom stereocenters. The molecule has 1 nitrogen and oxygen atoms in total. The minimum absolute atomic E-state index is 0.248. The molecule has 0 heterocycles. The second-order valence-electron chi connectivity index (χ2n) is 2.90. The van der Waals surface area contributed by atoms with E-state index in [1.807, 2.05) is 0 Å². The molecule has 1 rings (SSSR count). The normalized spacial score (nSPS) is 10.2. The molecule has 0 fully saturated rings. The summed E-state index contributed by atoms with van der Waals surface area (Å²) in [5, 5.41) is 8.65. The molecule has 1 N–H and O–H groups in total. The van der Waals surface area contributed by atoms with Crippen LogP contribution in [-0.4, -0.2) is 17.5 Å². The number of aryl methyl sites for hydroxylation is 2. The highest BCUT2D eigenvalue weighted by Crippen LogP contribution is 2.20. The van der Waals surface area contributed by atoms with Crippen LogP contribution in [0.3, 0.4) is 0 Å². The first-order chi connectivity index (χ1) is 5.72. The molecule has 12 heavy (non-hydrogen) atoms. The van der Waals surface area contributed by atoms with E-state index in [1.54, 1.807) is 11.8 Å². The molecule has 0 saturated heterocycles. The first-order valence-electron chi connectivity index (χ1n) is 4.04. The maximum Gasteiger partial charge on any atom is 0.0525 e. The maximum absolute atomic E-state index is 8.65. The smallest absolute Gasteiger partial charge is 0.0525 e. The fraction of sp³-hybridized carbons (Fsp3) is 0.400. The van der Waals surface area contributed by atoms with Crippen molar-refractivity contribution in [3.8, 4) is 0 Å². The van der Waals surface area contributed by atoms with Crippen molar-refractivity contribution in [2.45, 2.75) is 18.7 Å². The highest BCUT2D eigenvalue weighted by Gasteiger charge is 1.95. The van der Waals surface area contributed by atoms with Crippen molar-refractivity contribution in [1.82, 2.24) is 0 Å². The van der Waals surface area contributed by atoms with Gasteiger partial charge in [-0.25, -0.2) is 0 Å². The lowest BCUT2D eigenvalue weighted by atomic mass is 10.2. The number of aliphatic hydroxyl groups is 1. The zero-order valence-corrected chi connectivity index (χ0v) is 8.32. The lowest BCUT2D eigenvalue weighted by molar-refractivity contribution is 0.322. The molecule has 0 radical (unpaired) electrons. The monoisotopic (exact) mass is 182 g/mol. The Bertz CT molecular complexity index is 238. The van der Waals surface area contributed by atoms with Crippen LogP contribution < -0.4 is 0 Å². The molecule has 1 aromatic carbocycles. The Labute approximate surface area is 77.8 Å². The molecule has 0 aromatic heterocycles. The third kappa shape index (κ3) is 2.88. The Balaban J connectivity index is 2.72. The van der Waals surface area contributed by atoms with E-state index >= 15 is 0 Å². The van der Waals surface area contributed by atoms with Gasteiger partial charge in [-0.2, -0.15) is 0 Å². The van der Waals surface area contributed by atoms with Gasteiger partial charge in [0.05, 0.1) is 6.61 Å². The van der Waals surface area contributed by atoms with Gasteiger partial charge in [-0.05, 0) is 37.1 Å². The van der Waals surface area contributed by atoms with Crippen LogP contribution in [0.4, 0.5) is 0 Å². The van der Waals surface area contributed by atoms with Crippen molar-refractivity contribution < 1.29 is 5.11 Å². The second kappa shape index (κ2) is 4.53. The SMILES string of the molecule is Cc1cc(C)cc(SCCO)c1. The third-order valence-electron chi connectivity index (χ3n) is 1.56. The Morgan fingerprint density at radius 2 is 1.75 bits per heavy atom. The van der Waals surface area contributed by atoms with E-state index in [0.29, 0.717) is 0 Å². The Morgan fingerprint density at radius 3 is 2.25 bits per heavy atom. The zero-order chi connectivity index (χ0) is 8.97. The second-order valence-corrected chi connectivity index (χ2v) is 4.06. The molecule has 0 saturated carbocycles. The number of hydrogen-bond acceptors (Lipinski definition) is 2. The fourth-order valence-corrected chi connectivity index (χ4v) is 2.05. The largest absolute Gasteiger partial charge is 0.396 e. The number of thioether (sulfide) groups is 1. The van der Waals surface area contributed by atoms with Crippen molar-refractivity contribution in [3.05, 3.63) is 29.3 Å². The van der Waals surface area contributed by atoms with Gasteiger partial charge in [0, 0.05) is 10.6 Å². The van der Waals surface area contributed by atoms with Crippen molar-refractivity contribution >= 4 is 11.8 Å². The van der Waals surface area contributed by atoms with E-state index in [-0.39, 0.29) is 6.61 Å². The summed E-state index contributed by atoms with van der Waals surface area (Å²) in [6.07, 6.45) is 0. The molecule has 66 valence electrons. The molecular weight excluding hydrogens is 168 g/mol. The molecule has 0 amide bonds. The van der Waals surface area contributed by atoms with Crippen molar-refractivity contribution in [2.24, 2.45) is 0 Å². The standard InChI is InChI=1S/C10H14OS/c1-8-5-9(2)7-10(6-8)12-4-3-11/h5-7,11H,3-4H2,1-2H3. The fourth-order valence-electron chi connectivity index (χ4n) is 1.18. The summed E-state index contributed by atoms with van der Waals surface area (Å²) in [5.74, 6) is 0.781. The lowest BCUT2D eigenvalue weighted by Gasteiger charge is -2.02. The van der Waals surface area contributed by atoms with E-state index in [2.05, 4.69) is 32.0 Å². The number of hydrogen-bond donors (Lipinski definition) is 1. The van der Waals surface area contributed by atoms with Gasteiger partial charge < -0.3 is 5.11 Å². The summed E-state index contributed by atoms with van der Waals surface area (Å²) in [4.78, 5) is 1.25. The van der Waals surface area contributed by atoms with E-state index < -0.39 is 0 Å². The van der Waals surface area contributed by atoms with Crippen LogP contribution in [0.25, 0.3) is 0 Å². The van der Waals surface area contributed by atoms with Crippen LogP contribution in [0.5, 0.6) is 0 Å². The van der Waals surface area contributed by atoms with Gasteiger partial charge in [0.15, 0.2) is 0 Å². The van der Waals surface area contributed by atoms with Gasteiger partial charge in [-0.15, -0.1) is 11.8 Å². The van der Waals surface area contributed by atoms with Gasteiger partial charge in [0.1, 0.15) is 0 Å². The first kappa shape index (κ1) is 9.62. The summed E-state index contributed by atoms with van der Waals surface area (Å²) in [5.41, 5.74) is 2.57. The Kier molecular flexibility index (Phi) is 3.63. The number of benzene rings is 1. The van der Waals surface area contributed by atoms with Crippen LogP contribution in [0.1, 0.15) is 11.1 Å². The third-order valence-corrected chi connectivity index (χ3v) is 2.51. The average Bonchev–Trinajstić information content (AvgIpc) is 1.99. The van der Waals surface area contributed by atoms with E-state index in [0.717, 1.165) is 5.75 Å². The molecule has 0 aliphatic heterocycles.